The van der Waals surface area contributed by atoms with Crippen LogP contribution >= 0.6 is 0 Å². The second-order valence-electron chi connectivity index (χ2n) is 5.83. The minimum Gasteiger partial charge on any atom is -0.451 e. The highest BCUT2D eigenvalue weighted by atomic mass is 16.5. The molecule has 1 heterocycles. The van der Waals surface area contributed by atoms with Gasteiger partial charge in [-0.2, -0.15) is 0 Å². The maximum atomic E-state index is 11.3. The van der Waals surface area contributed by atoms with Crippen LogP contribution in [0.2, 0.25) is 0 Å². The fraction of sp³-hybridized carbons (Fsp3) is 0.150. The summed E-state index contributed by atoms with van der Waals surface area (Å²) in [6, 6.07) is 20.6. The summed E-state index contributed by atoms with van der Waals surface area (Å²) < 4.78 is 5.41. The molecule has 1 unspecified atom stereocenters. The van der Waals surface area contributed by atoms with Crippen molar-refractivity contribution >= 4 is 5.91 Å². The van der Waals surface area contributed by atoms with Crippen LogP contribution in [0.5, 0.6) is 0 Å². The van der Waals surface area contributed by atoms with E-state index in [9.17, 15) is 9.90 Å². The van der Waals surface area contributed by atoms with Crippen LogP contribution in [-0.4, -0.2) is 22.8 Å². The Bertz CT molecular complexity index is 844. The fourth-order valence-electron chi connectivity index (χ4n) is 2.67. The molecule has 26 heavy (non-hydrogen) atoms. The van der Waals surface area contributed by atoms with Crippen LogP contribution in [0.1, 0.15) is 27.7 Å². The summed E-state index contributed by atoms with van der Waals surface area (Å²) in [4.78, 5) is 11.3. The zero-order chi connectivity index (χ0) is 18.4. The molecule has 0 saturated heterocycles. The molecule has 0 spiro atoms. The maximum Gasteiger partial charge on any atom is 0.310 e. The van der Waals surface area contributed by atoms with Crippen molar-refractivity contribution in [2.24, 2.45) is 0 Å². The molecule has 0 aliphatic heterocycles. The van der Waals surface area contributed by atoms with Crippen LogP contribution in [-0.2, 0) is 6.54 Å². The molecule has 0 aliphatic rings. The molecule has 3 rings (SSSR count). The van der Waals surface area contributed by atoms with Gasteiger partial charge in [0.2, 0.25) is 0 Å². The first-order valence-electron chi connectivity index (χ1n) is 8.24. The average molecular weight is 352 g/mol. The van der Waals surface area contributed by atoms with E-state index < -0.39 is 5.91 Å². The minimum absolute atomic E-state index is 0.0180. The van der Waals surface area contributed by atoms with Crippen LogP contribution in [0.15, 0.2) is 71.1 Å². The van der Waals surface area contributed by atoms with Gasteiger partial charge in [-0.15, -0.1) is 0 Å². The highest BCUT2D eigenvalue weighted by molar-refractivity contribution is 5.91. The highest BCUT2D eigenvalue weighted by Crippen LogP contribution is 2.23. The molecule has 0 saturated carbocycles. The third-order valence-electron chi connectivity index (χ3n) is 4.11. The number of hydrogen-bond acceptors (Lipinski definition) is 5. The molecular weight excluding hydrogens is 332 g/mol. The second-order valence-corrected chi connectivity index (χ2v) is 5.83. The summed E-state index contributed by atoms with van der Waals surface area (Å²) in [5, 5.41) is 21.6. The summed E-state index contributed by atoms with van der Waals surface area (Å²) >= 11 is 0. The predicted molar refractivity (Wildman–Crippen MR) is 96.5 cm³/mol. The third kappa shape index (κ3) is 4.18. The van der Waals surface area contributed by atoms with Gasteiger partial charge in [-0.1, -0.05) is 54.6 Å². The van der Waals surface area contributed by atoms with Gasteiger partial charge in [-0.05, 0) is 23.3 Å². The maximum absolute atomic E-state index is 11.3. The van der Waals surface area contributed by atoms with Gasteiger partial charge < -0.3 is 14.8 Å². The van der Waals surface area contributed by atoms with Crippen molar-refractivity contribution in [2.45, 2.75) is 12.6 Å². The topological polar surface area (TPSA) is 94.7 Å². The van der Waals surface area contributed by atoms with E-state index in [0.29, 0.717) is 12.3 Å². The lowest BCUT2D eigenvalue weighted by molar-refractivity contribution is 0.0677. The van der Waals surface area contributed by atoms with Crippen LogP contribution in [0.25, 0.3) is 11.3 Å². The number of furan rings is 1. The standard InChI is InChI=1S/C20H20N2O4/c23-13-17(15-4-2-1-3-5-15)21-12-14-6-8-16(9-7-14)18-10-11-19(26-18)20(24)22-25/h1-11,17,21,23,25H,12-13H2,(H,22,24). The second kappa shape index (κ2) is 8.44. The van der Waals surface area contributed by atoms with Crippen molar-refractivity contribution in [3.8, 4) is 11.3 Å². The number of aliphatic hydroxyl groups is 1. The molecule has 1 amide bonds. The molecule has 1 atom stereocenters. The Morgan fingerprint density at radius 3 is 2.38 bits per heavy atom. The van der Waals surface area contributed by atoms with E-state index in [1.165, 1.54) is 6.07 Å². The van der Waals surface area contributed by atoms with Crippen molar-refractivity contribution in [1.29, 1.82) is 0 Å². The van der Waals surface area contributed by atoms with Gasteiger partial charge in [-0.25, -0.2) is 5.48 Å². The van der Waals surface area contributed by atoms with Crippen LogP contribution in [0, 0.1) is 0 Å². The Morgan fingerprint density at radius 2 is 1.73 bits per heavy atom. The summed E-state index contributed by atoms with van der Waals surface area (Å²) in [6.07, 6.45) is 0. The van der Waals surface area contributed by atoms with Crippen molar-refractivity contribution in [3.63, 3.8) is 0 Å². The summed E-state index contributed by atoms with van der Waals surface area (Å²) in [7, 11) is 0. The molecule has 0 aliphatic carbocycles. The molecule has 0 fully saturated rings. The number of nitrogens with one attached hydrogen (secondary N) is 2. The lowest BCUT2D eigenvalue weighted by Crippen LogP contribution is -2.23. The van der Waals surface area contributed by atoms with Crippen LogP contribution in [0.4, 0.5) is 0 Å². The molecule has 0 radical (unpaired) electrons. The van der Waals surface area contributed by atoms with Crippen LogP contribution < -0.4 is 10.8 Å². The first-order valence-corrected chi connectivity index (χ1v) is 8.24. The summed E-state index contributed by atoms with van der Waals surface area (Å²) in [5.41, 5.74) is 4.46. The number of amides is 1. The Hall–Kier alpha value is -2.93. The summed E-state index contributed by atoms with van der Waals surface area (Å²) in [6.45, 7) is 0.626. The normalized spacial score (nSPS) is 11.9. The SMILES string of the molecule is O=C(NO)c1ccc(-c2ccc(CNC(CO)c3ccccc3)cc2)o1. The number of hydroxylamine groups is 1. The van der Waals surface area contributed by atoms with Crippen LogP contribution in [0.3, 0.4) is 0 Å². The van der Waals surface area contributed by atoms with Crippen molar-refractivity contribution in [2.75, 3.05) is 6.61 Å². The van der Waals surface area contributed by atoms with E-state index in [-0.39, 0.29) is 18.4 Å². The van der Waals surface area contributed by atoms with E-state index in [1.54, 1.807) is 11.5 Å². The van der Waals surface area contributed by atoms with Crippen molar-refractivity contribution < 1.29 is 19.5 Å². The molecular formula is C20H20N2O4. The average Bonchev–Trinajstić information content (AvgIpc) is 3.19. The molecule has 1 aromatic heterocycles. The zero-order valence-corrected chi connectivity index (χ0v) is 14.1. The van der Waals surface area contributed by atoms with E-state index in [2.05, 4.69) is 5.32 Å². The number of hydrogen-bond donors (Lipinski definition) is 4. The Morgan fingerprint density at radius 1 is 1.00 bits per heavy atom. The highest BCUT2D eigenvalue weighted by Gasteiger charge is 2.12. The smallest absolute Gasteiger partial charge is 0.310 e. The molecule has 0 bridgehead atoms. The van der Waals surface area contributed by atoms with E-state index in [0.717, 1.165) is 16.7 Å². The van der Waals surface area contributed by atoms with Gasteiger partial charge in [-0.3, -0.25) is 10.0 Å². The molecule has 2 aromatic carbocycles. The number of aliphatic hydroxyl groups excluding tert-OH is 1. The number of carbonyl (C=O) groups excluding carboxylic acids is 1. The lowest BCUT2D eigenvalue weighted by atomic mass is 10.1. The number of rotatable bonds is 7. The van der Waals surface area contributed by atoms with Crippen molar-refractivity contribution in [1.82, 2.24) is 10.8 Å². The first kappa shape index (κ1) is 17.9. The van der Waals surface area contributed by atoms with Gasteiger partial charge in [0.15, 0.2) is 5.76 Å². The lowest BCUT2D eigenvalue weighted by Gasteiger charge is -2.16. The molecule has 134 valence electrons. The Labute approximate surface area is 151 Å². The minimum atomic E-state index is -0.687. The van der Waals surface area contributed by atoms with Gasteiger partial charge >= 0.3 is 5.91 Å². The first-order chi connectivity index (χ1) is 12.7. The predicted octanol–water partition coefficient (Wildman–Crippen LogP) is 2.89. The van der Waals surface area contributed by atoms with E-state index in [1.807, 2.05) is 54.6 Å². The Balaban J connectivity index is 1.64. The van der Waals surface area contributed by atoms with Gasteiger partial charge in [0.1, 0.15) is 5.76 Å². The van der Waals surface area contributed by atoms with Gasteiger partial charge in [0.05, 0.1) is 12.6 Å². The monoisotopic (exact) mass is 352 g/mol. The fourth-order valence-corrected chi connectivity index (χ4v) is 2.67. The van der Waals surface area contributed by atoms with Crippen molar-refractivity contribution in [3.05, 3.63) is 83.6 Å². The number of benzene rings is 2. The number of carbonyl (C=O) groups is 1. The molecule has 4 N–H and O–H groups in total. The third-order valence-corrected chi connectivity index (χ3v) is 4.11. The largest absolute Gasteiger partial charge is 0.451 e. The van der Waals surface area contributed by atoms with Gasteiger partial charge in [0.25, 0.3) is 0 Å². The van der Waals surface area contributed by atoms with E-state index in [4.69, 9.17) is 9.62 Å². The zero-order valence-electron chi connectivity index (χ0n) is 14.1. The summed E-state index contributed by atoms with van der Waals surface area (Å²) in [5.74, 6) is -0.101. The van der Waals surface area contributed by atoms with Gasteiger partial charge in [0, 0.05) is 12.1 Å². The molecule has 6 nitrogen and oxygen atoms in total. The quantitative estimate of drug-likeness (QED) is 0.387. The van der Waals surface area contributed by atoms with E-state index >= 15 is 0 Å². The molecule has 3 aromatic rings. The molecule has 6 heteroatoms. The Kier molecular flexibility index (Phi) is 5.80.